The van der Waals surface area contributed by atoms with Gasteiger partial charge in [0.2, 0.25) is 5.89 Å². The predicted molar refractivity (Wildman–Crippen MR) is 96.2 cm³/mol. The molecule has 5 rings (SSSR count). The molecular formula is C20H23FN4O. The minimum Gasteiger partial charge on any atom is -0.439 e. The zero-order valence-electron chi connectivity index (χ0n) is 15.0. The van der Waals surface area contributed by atoms with Crippen LogP contribution in [0.3, 0.4) is 0 Å². The van der Waals surface area contributed by atoms with Gasteiger partial charge in [-0.25, -0.2) is 14.4 Å². The molecule has 0 radical (unpaired) electrons. The average Bonchev–Trinajstić information content (AvgIpc) is 3.33. The molecule has 0 bridgehead atoms. The highest BCUT2D eigenvalue weighted by atomic mass is 19.1. The number of imidazole rings is 1. The molecule has 3 heterocycles. The van der Waals surface area contributed by atoms with Gasteiger partial charge in [-0.15, -0.1) is 0 Å². The van der Waals surface area contributed by atoms with E-state index in [0.29, 0.717) is 29.6 Å². The summed E-state index contributed by atoms with van der Waals surface area (Å²) >= 11 is 0. The van der Waals surface area contributed by atoms with Gasteiger partial charge >= 0.3 is 0 Å². The topological polar surface area (TPSA) is 47.1 Å². The van der Waals surface area contributed by atoms with Crippen LogP contribution >= 0.6 is 0 Å². The van der Waals surface area contributed by atoms with Crippen LogP contribution in [-0.4, -0.2) is 26.0 Å². The predicted octanol–water partition coefficient (Wildman–Crippen LogP) is 3.92. The Morgan fingerprint density at radius 2 is 2.08 bits per heavy atom. The smallest absolute Gasteiger partial charge is 0.209 e. The molecule has 1 aromatic carbocycles. The van der Waals surface area contributed by atoms with Gasteiger partial charge in [0.15, 0.2) is 5.58 Å². The maximum atomic E-state index is 13.4. The highest BCUT2D eigenvalue weighted by molar-refractivity contribution is 5.72. The molecule has 136 valence electrons. The highest BCUT2D eigenvalue weighted by Gasteiger charge is 2.32. The molecule has 0 amide bonds. The lowest BCUT2D eigenvalue weighted by atomic mass is 10.0. The van der Waals surface area contributed by atoms with Crippen LogP contribution in [0, 0.1) is 5.82 Å². The molecule has 6 heteroatoms. The van der Waals surface area contributed by atoms with Crippen LogP contribution in [0.4, 0.5) is 4.39 Å². The first-order chi connectivity index (χ1) is 12.7. The number of fused-ring (bicyclic) bond motifs is 2. The minimum absolute atomic E-state index is 0.282. The summed E-state index contributed by atoms with van der Waals surface area (Å²) in [6.45, 7) is 1.65. The van der Waals surface area contributed by atoms with Crippen molar-refractivity contribution in [1.82, 2.24) is 19.4 Å². The van der Waals surface area contributed by atoms with Crippen molar-refractivity contribution in [3.63, 3.8) is 0 Å². The summed E-state index contributed by atoms with van der Waals surface area (Å²) in [7, 11) is 2.16. The fourth-order valence-corrected chi connectivity index (χ4v) is 4.50. The standard InChI is InChI=1S/C20H23FN4O/c1-24-16-6-3-2-5-14(16)23-20(24)17-7-4-10-25(17)12-19-22-15-11-13(21)8-9-18(15)26-19/h8-9,11,17H,2-7,10,12H2,1H3/t17-/m1/s1. The zero-order valence-corrected chi connectivity index (χ0v) is 15.0. The second kappa shape index (κ2) is 6.20. The number of hydrogen-bond donors (Lipinski definition) is 0. The van der Waals surface area contributed by atoms with Gasteiger partial charge in [0.05, 0.1) is 18.3 Å². The van der Waals surface area contributed by atoms with Crippen LogP contribution in [0.2, 0.25) is 0 Å². The maximum Gasteiger partial charge on any atom is 0.209 e. The first kappa shape index (κ1) is 16.0. The molecule has 0 saturated carbocycles. The van der Waals surface area contributed by atoms with Crippen LogP contribution in [0.1, 0.15) is 54.8 Å². The summed E-state index contributed by atoms with van der Waals surface area (Å²) in [5.41, 5.74) is 3.93. The van der Waals surface area contributed by atoms with E-state index in [2.05, 4.69) is 21.5 Å². The van der Waals surface area contributed by atoms with Crippen molar-refractivity contribution in [3.05, 3.63) is 47.1 Å². The van der Waals surface area contributed by atoms with Crippen LogP contribution in [0.5, 0.6) is 0 Å². The maximum absolute atomic E-state index is 13.4. The second-order valence-electron chi connectivity index (χ2n) is 7.48. The quantitative estimate of drug-likeness (QED) is 0.715. The van der Waals surface area contributed by atoms with Gasteiger partial charge in [-0.2, -0.15) is 0 Å². The third kappa shape index (κ3) is 2.63. The van der Waals surface area contributed by atoms with Crippen molar-refractivity contribution in [2.75, 3.05) is 6.54 Å². The number of hydrogen-bond acceptors (Lipinski definition) is 4. The van der Waals surface area contributed by atoms with E-state index in [1.54, 1.807) is 6.07 Å². The van der Waals surface area contributed by atoms with Crippen LogP contribution in [-0.2, 0) is 26.4 Å². The molecule has 5 nitrogen and oxygen atoms in total. The molecule has 0 unspecified atom stereocenters. The second-order valence-corrected chi connectivity index (χ2v) is 7.48. The number of halogens is 1. The summed E-state index contributed by atoms with van der Waals surface area (Å²) in [6.07, 6.45) is 7.02. The lowest BCUT2D eigenvalue weighted by Crippen LogP contribution is -2.25. The fraction of sp³-hybridized carbons (Fsp3) is 0.500. The monoisotopic (exact) mass is 354 g/mol. The highest BCUT2D eigenvalue weighted by Crippen LogP contribution is 2.35. The molecule has 26 heavy (non-hydrogen) atoms. The molecule has 1 aliphatic heterocycles. The lowest BCUT2D eigenvalue weighted by Gasteiger charge is -2.23. The first-order valence-electron chi connectivity index (χ1n) is 9.52. The number of aryl methyl sites for hydroxylation is 1. The number of aromatic nitrogens is 3. The van der Waals surface area contributed by atoms with Gasteiger partial charge < -0.3 is 8.98 Å². The van der Waals surface area contributed by atoms with E-state index in [1.165, 1.54) is 42.2 Å². The van der Waals surface area contributed by atoms with Crippen LogP contribution in [0.15, 0.2) is 22.6 Å². The minimum atomic E-state index is -0.282. The Bertz CT molecular complexity index is 960. The van der Waals surface area contributed by atoms with Crippen molar-refractivity contribution in [1.29, 1.82) is 0 Å². The summed E-state index contributed by atoms with van der Waals surface area (Å²) < 4.78 is 21.5. The lowest BCUT2D eigenvalue weighted by molar-refractivity contribution is 0.215. The molecule has 2 aromatic heterocycles. The normalized spacial score (nSPS) is 20.8. The Labute approximate surface area is 151 Å². The average molecular weight is 354 g/mol. The Balaban J connectivity index is 1.42. The van der Waals surface area contributed by atoms with Gasteiger partial charge in [-0.1, -0.05) is 0 Å². The Morgan fingerprint density at radius 1 is 1.19 bits per heavy atom. The third-order valence-electron chi connectivity index (χ3n) is 5.80. The van der Waals surface area contributed by atoms with Gasteiger partial charge in [0.1, 0.15) is 17.2 Å². The first-order valence-corrected chi connectivity index (χ1v) is 9.52. The Morgan fingerprint density at radius 3 is 2.96 bits per heavy atom. The zero-order chi connectivity index (χ0) is 17.7. The molecule has 0 spiro atoms. The fourth-order valence-electron chi connectivity index (χ4n) is 4.50. The summed E-state index contributed by atoms with van der Waals surface area (Å²) in [4.78, 5) is 11.9. The molecule has 1 aliphatic carbocycles. The summed E-state index contributed by atoms with van der Waals surface area (Å²) in [5, 5.41) is 0. The van der Waals surface area contributed by atoms with Crippen LogP contribution < -0.4 is 0 Å². The molecule has 3 aromatic rings. The van der Waals surface area contributed by atoms with E-state index >= 15 is 0 Å². The Kier molecular flexibility index (Phi) is 3.81. The number of nitrogens with zero attached hydrogens (tertiary/aromatic N) is 4. The van der Waals surface area contributed by atoms with Gasteiger partial charge in [0, 0.05) is 18.8 Å². The third-order valence-corrected chi connectivity index (χ3v) is 5.80. The van der Waals surface area contributed by atoms with E-state index in [9.17, 15) is 4.39 Å². The largest absolute Gasteiger partial charge is 0.439 e. The molecule has 1 atom stereocenters. The van der Waals surface area contributed by atoms with Crippen molar-refractivity contribution in [3.8, 4) is 0 Å². The van der Waals surface area contributed by atoms with Gasteiger partial charge in [0.25, 0.3) is 0 Å². The number of likely N-dealkylation sites (tertiary alicyclic amines) is 1. The van der Waals surface area contributed by atoms with E-state index < -0.39 is 0 Å². The van der Waals surface area contributed by atoms with E-state index in [-0.39, 0.29) is 5.82 Å². The van der Waals surface area contributed by atoms with Crippen molar-refractivity contribution in [2.24, 2.45) is 7.05 Å². The van der Waals surface area contributed by atoms with E-state index in [4.69, 9.17) is 9.40 Å². The molecule has 1 fully saturated rings. The van der Waals surface area contributed by atoms with Crippen molar-refractivity contribution in [2.45, 2.75) is 51.1 Å². The van der Waals surface area contributed by atoms with Crippen molar-refractivity contribution >= 4 is 11.1 Å². The summed E-state index contributed by atoms with van der Waals surface area (Å²) in [5.74, 6) is 1.54. The van der Waals surface area contributed by atoms with Gasteiger partial charge in [-0.3, -0.25) is 4.90 Å². The van der Waals surface area contributed by atoms with Crippen LogP contribution in [0.25, 0.3) is 11.1 Å². The molecule has 1 saturated heterocycles. The Hall–Kier alpha value is -2.21. The molecular weight excluding hydrogens is 331 g/mol. The number of oxazole rings is 1. The molecule has 0 N–H and O–H groups in total. The van der Waals surface area contributed by atoms with E-state index in [0.717, 1.165) is 32.2 Å². The number of benzene rings is 1. The van der Waals surface area contributed by atoms with E-state index in [1.807, 2.05) is 0 Å². The molecule has 2 aliphatic rings. The number of rotatable bonds is 3. The van der Waals surface area contributed by atoms with Crippen molar-refractivity contribution < 1.29 is 8.81 Å². The SMILES string of the molecule is Cn1c([C@H]2CCCN2Cc2nc3cc(F)ccc3o2)nc2c1CCCC2. The van der Waals surface area contributed by atoms with Gasteiger partial charge in [-0.05, 0) is 57.2 Å². The summed E-state index contributed by atoms with van der Waals surface area (Å²) in [6, 6.07) is 4.79.